The van der Waals surface area contributed by atoms with Crippen LogP contribution in [0.1, 0.15) is 34.1 Å². The molecule has 1 aromatic rings. The first-order valence-electron chi connectivity index (χ1n) is 5.93. The molecular formula is C12H14Cl2N2O2S. The number of nitrogens with one attached hydrogen (secondary N) is 1. The molecule has 2 amide bonds. The molecule has 0 saturated carbocycles. The van der Waals surface area contributed by atoms with Crippen LogP contribution in [0.15, 0.2) is 0 Å². The number of primary amides is 1. The van der Waals surface area contributed by atoms with E-state index < -0.39 is 16.7 Å². The fraction of sp³-hybridized carbons (Fsp3) is 0.500. The van der Waals surface area contributed by atoms with Crippen molar-refractivity contribution in [3.8, 4) is 0 Å². The lowest BCUT2D eigenvalue weighted by atomic mass is 9.88. The third kappa shape index (κ3) is 3.04. The van der Waals surface area contributed by atoms with Crippen LogP contribution in [0.25, 0.3) is 0 Å². The Labute approximate surface area is 125 Å². The van der Waals surface area contributed by atoms with Crippen molar-refractivity contribution < 1.29 is 9.59 Å². The van der Waals surface area contributed by atoms with Crippen LogP contribution in [0.4, 0.5) is 5.00 Å². The topological polar surface area (TPSA) is 72.2 Å². The van der Waals surface area contributed by atoms with E-state index in [1.807, 2.05) is 0 Å². The second-order valence-electron chi connectivity index (χ2n) is 4.71. The maximum absolute atomic E-state index is 11.6. The molecule has 0 aliphatic heterocycles. The summed E-state index contributed by atoms with van der Waals surface area (Å²) in [6, 6.07) is 0. The van der Waals surface area contributed by atoms with Gasteiger partial charge in [0.15, 0.2) is 4.84 Å². The summed E-state index contributed by atoms with van der Waals surface area (Å²) in [5, 5.41) is 3.04. The van der Waals surface area contributed by atoms with E-state index in [0.717, 1.165) is 29.7 Å². The number of amides is 2. The Morgan fingerprint density at radius 2 is 2.16 bits per heavy atom. The van der Waals surface area contributed by atoms with Gasteiger partial charge in [0.2, 0.25) is 0 Å². The zero-order chi connectivity index (χ0) is 14.2. The van der Waals surface area contributed by atoms with E-state index in [1.54, 1.807) is 0 Å². The minimum atomic E-state index is -1.17. The smallest absolute Gasteiger partial charge is 0.258 e. The van der Waals surface area contributed by atoms with Crippen LogP contribution >= 0.6 is 34.5 Å². The summed E-state index contributed by atoms with van der Waals surface area (Å²) in [7, 11) is 0. The first kappa shape index (κ1) is 14.6. The summed E-state index contributed by atoms with van der Waals surface area (Å²) in [5.41, 5.74) is 6.80. The Morgan fingerprint density at radius 3 is 2.74 bits per heavy atom. The number of fused-ring (bicyclic) bond motifs is 1. The molecule has 3 N–H and O–H groups in total. The predicted octanol–water partition coefficient (Wildman–Crippen LogP) is 2.71. The van der Waals surface area contributed by atoms with Crippen LogP contribution < -0.4 is 11.1 Å². The molecule has 1 unspecified atom stereocenters. The van der Waals surface area contributed by atoms with Gasteiger partial charge in [0.05, 0.1) is 5.56 Å². The lowest BCUT2D eigenvalue weighted by Crippen LogP contribution is -2.22. The van der Waals surface area contributed by atoms with Gasteiger partial charge in [-0.05, 0) is 30.7 Å². The molecule has 0 spiro atoms. The van der Waals surface area contributed by atoms with Gasteiger partial charge >= 0.3 is 0 Å². The third-order valence-corrected chi connectivity index (χ3v) is 4.76. The van der Waals surface area contributed by atoms with Gasteiger partial charge in [0.1, 0.15) is 5.00 Å². The summed E-state index contributed by atoms with van der Waals surface area (Å²) in [6.45, 7) is 2.17. The number of halogens is 2. The summed E-state index contributed by atoms with van der Waals surface area (Å²) in [4.78, 5) is 23.1. The van der Waals surface area contributed by atoms with Crippen molar-refractivity contribution in [2.24, 2.45) is 11.7 Å². The van der Waals surface area contributed by atoms with Crippen LogP contribution in [0.2, 0.25) is 0 Å². The lowest BCUT2D eigenvalue weighted by Gasteiger charge is -2.18. The summed E-state index contributed by atoms with van der Waals surface area (Å²) < 4.78 is 0. The standard InChI is InChI=1S/C12H14Cl2N2O2S/c1-5-2-3-6-7(4-5)19-12(8(6)10(15)17)16-11(18)9(13)14/h5,9H,2-4H2,1H3,(H2,15,17)(H,16,18). The Bertz CT molecular complexity index is 528. The minimum Gasteiger partial charge on any atom is -0.365 e. The van der Waals surface area contributed by atoms with Gasteiger partial charge in [-0.25, -0.2) is 0 Å². The predicted molar refractivity (Wildman–Crippen MR) is 78.1 cm³/mol. The van der Waals surface area contributed by atoms with Crippen molar-refractivity contribution in [1.82, 2.24) is 0 Å². The fourth-order valence-electron chi connectivity index (χ4n) is 2.27. The number of hydrogen-bond acceptors (Lipinski definition) is 3. The van der Waals surface area contributed by atoms with Crippen molar-refractivity contribution >= 4 is 51.4 Å². The van der Waals surface area contributed by atoms with E-state index in [9.17, 15) is 9.59 Å². The summed E-state index contributed by atoms with van der Waals surface area (Å²) in [6.07, 6.45) is 2.73. The molecular weight excluding hydrogens is 307 g/mol. The van der Waals surface area contributed by atoms with Gasteiger partial charge < -0.3 is 11.1 Å². The Kier molecular flexibility index (Phi) is 4.38. The Hall–Kier alpha value is -0.780. The highest BCUT2D eigenvalue weighted by atomic mass is 35.5. The van der Waals surface area contributed by atoms with E-state index in [0.29, 0.717) is 16.5 Å². The summed E-state index contributed by atoms with van der Waals surface area (Å²) in [5.74, 6) is -0.496. The molecule has 0 aromatic carbocycles. The number of alkyl halides is 2. The monoisotopic (exact) mass is 320 g/mol. The maximum Gasteiger partial charge on any atom is 0.258 e. The largest absolute Gasteiger partial charge is 0.365 e. The van der Waals surface area contributed by atoms with Crippen molar-refractivity contribution in [3.63, 3.8) is 0 Å². The number of anilines is 1. The van der Waals surface area contributed by atoms with Gasteiger partial charge in [-0.1, -0.05) is 30.1 Å². The summed E-state index contributed by atoms with van der Waals surface area (Å²) >= 11 is 12.4. The van der Waals surface area contributed by atoms with Crippen LogP contribution in [-0.4, -0.2) is 16.7 Å². The highest BCUT2D eigenvalue weighted by Crippen LogP contribution is 2.39. The lowest BCUT2D eigenvalue weighted by molar-refractivity contribution is -0.114. The van der Waals surface area contributed by atoms with Crippen molar-refractivity contribution in [1.29, 1.82) is 0 Å². The van der Waals surface area contributed by atoms with Gasteiger partial charge in [0.25, 0.3) is 11.8 Å². The van der Waals surface area contributed by atoms with Gasteiger partial charge in [-0.3, -0.25) is 9.59 Å². The molecule has 0 fully saturated rings. The second-order valence-corrected chi connectivity index (χ2v) is 6.91. The average molecular weight is 321 g/mol. The number of hydrogen-bond donors (Lipinski definition) is 2. The number of rotatable bonds is 3. The molecule has 0 radical (unpaired) electrons. The fourth-order valence-corrected chi connectivity index (χ4v) is 3.79. The van der Waals surface area contributed by atoms with Gasteiger partial charge in [-0.2, -0.15) is 0 Å². The quantitative estimate of drug-likeness (QED) is 0.840. The molecule has 0 saturated heterocycles. The van der Waals surface area contributed by atoms with Crippen LogP contribution in [0.5, 0.6) is 0 Å². The highest BCUT2D eigenvalue weighted by Gasteiger charge is 2.27. The van der Waals surface area contributed by atoms with Gasteiger partial charge in [-0.15, -0.1) is 11.3 Å². The van der Waals surface area contributed by atoms with Crippen molar-refractivity contribution in [2.45, 2.75) is 31.0 Å². The normalized spacial score (nSPS) is 18.2. The zero-order valence-electron chi connectivity index (χ0n) is 10.3. The van der Waals surface area contributed by atoms with E-state index in [4.69, 9.17) is 28.9 Å². The van der Waals surface area contributed by atoms with Crippen LogP contribution in [-0.2, 0) is 17.6 Å². The van der Waals surface area contributed by atoms with Gasteiger partial charge in [0, 0.05) is 4.88 Å². The van der Waals surface area contributed by atoms with E-state index in [-0.39, 0.29) is 0 Å². The van der Waals surface area contributed by atoms with E-state index in [1.165, 1.54) is 11.3 Å². The second kappa shape index (κ2) is 5.69. The molecule has 4 nitrogen and oxygen atoms in total. The molecule has 7 heteroatoms. The Morgan fingerprint density at radius 1 is 1.47 bits per heavy atom. The molecule has 1 heterocycles. The molecule has 0 bridgehead atoms. The Balaban J connectivity index is 2.38. The van der Waals surface area contributed by atoms with E-state index in [2.05, 4.69) is 12.2 Å². The molecule has 1 aromatic heterocycles. The van der Waals surface area contributed by atoms with Crippen LogP contribution in [0, 0.1) is 5.92 Å². The number of thiophene rings is 1. The minimum absolute atomic E-state index is 0.411. The number of carbonyl (C=O) groups is 2. The van der Waals surface area contributed by atoms with Crippen LogP contribution in [0.3, 0.4) is 0 Å². The molecule has 2 rings (SSSR count). The SMILES string of the molecule is CC1CCc2c(sc(NC(=O)C(Cl)Cl)c2C(N)=O)C1. The first-order chi connectivity index (χ1) is 8.90. The molecule has 1 aliphatic rings. The maximum atomic E-state index is 11.6. The molecule has 1 atom stereocenters. The highest BCUT2D eigenvalue weighted by molar-refractivity contribution is 7.17. The molecule has 19 heavy (non-hydrogen) atoms. The molecule has 1 aliphatic carbocycles. The molecule has 104 valence electrons. The number of nitrogens with two attached hydrogens (primary N) is 1. The van der Waals surface area contributed by atoms with Crippen molar-refractivity contribution in [2.75, 3.05) is 5.32 Å². The van der Waals surface area contributed by atoms with E-state index >= 15 is 0 Å². The average Bonchev–Trinajstić information content (AvgIpc) is 2.65. The zero-order valence-corrected chi connectivity index (χ0v) is 12.7. The number of carbonyl (C=O) groups excluding carboxylic acids is 2. The third-order valence-electron chi connectivity index (χ3n) is 3.19. The van der Waals surface area contributed by atoms with Crippen molar-refractivity contribution in [3.05, 3.63) is 16.0 Å². The first-order valence-corrected chi connectivity index (χ1v) is 7.62.